The first-order chi connectivity index (χ1) is 11.7. The molecule has 1 aliphatic heterocycles. The first-order valence-corrected chi connectivity index (χ1v) is 8.71. The van der Waals surface area contributed by atoms with Crippen LogP contribution in [0.5, 0.6) is 0 Å². The topological polar surface area (TPSA) is 78.9 Å². The van der Waals surface area contributed by atoms with E-state index in [1.165, 1.54) is 0 Å². The van der Waals surface area contributed by atoms with Gasteiger partial charge >= 0.3 is 0 Å². The van der Waals surface area contributed by atoms with Gasteiger partial charge < -0.3 is 20.1 Å². The monoisotopic (exact) mass is 348 g/mol. The Kier molecular flexibility index (Phi) is 6.56. The zero-order valence-corrected chi connectivity index (χ0v) is 15.2. The van der Waals surface area contributed by atoms with Gasteiger partial charge in [0, 0.05) is 32.1 Å². The van der Waals surface area contributed by atoms with Gasteiger partial charge in [0.05, 0.1) is 18.3 Å². The van der Waals surface area contributed by atoms with E-state index in [9.17, 15) is 14.7 Å². The van der Waals surface area contributed by atoms with Crippen molar-refractivity contribution in [1.29, 1.82) is 0 Å². The Balaban J connectivity index is 1.87. The highest BCUT2D eigenvalue weighted by molar-refractivity contribution is 5.94. The lowest BCUT2D eigenvalue weighted by Gasteiger charge is -2.32. The number of rotatable bonds is 6. The van der Waals surface area contributed by atoms with E-state index < -0.39 is 5.60 Å². The minimum Gasteiger partial charge on any atom is -0.390 e. The van der Waals surface area contributed by atoms with Crippen LogP contribution in [0.4, 0.5) is 0 Å². The SMILES string of the molecule is CC(=O)N1CCO[C@H](CNC(=O)c2cccc(CCC(C)(C)O)c2)C1. The van der Waals surface area contributed by atoms with Crippen molar-refractivity contribution in [2.24, 2.45) is 0 Å². The first kappa shape index (κ1) is 19.4. The van der Waals surface area contributed by atoms with Crippen LogP contribution in [0.1, 0.15) is 43.1 Å². The van der Waals surface area contributed by atoms with Gasteiger partial charge in [-0.15, -0.1) is 0 Å². The molecule has 25 heavy (non-hydrogen) atoms. The van der Waals surface area contributed by atoms with Crippen molar-refractivity contribution < 1.29 is 19.4 Å². The number of ether oxygens (including phenoxy) is 1. The van der Waals surface area contributed by atoms with E-state index in [4.69, 9.17) is 4.74 Å². The van der Waals surface area contributed by atoms with E-state index in [-0.39, 0.29) is 17.9 Å². The third kappa shape index (κ3) is 6.48. The number of nitrogens with one attached hydrogen (secondary N) is 1. The van der Waals surface area contributed by atoms with Gasteiger partial charge in [-0.05, 0) is 44.4 Å². The summed E-state index contributed by atoms with van der Waals surface area (Å²) in [6.07, 6.45) is 1.17. The molecule has 2 amide bonds. The van der Waals surface area contributed by atoms with Crippen LogP contribution in [0.15, 0.2) is 24.3 Å². The van der Waals surface area contributed by atoms with Crippen molar-refractivity contribution in [2.45, 2.75) is 45.3 Å². The largest absolute Gasteiger partial charge is 0.390 e. The molecule has 0 aliphatic carbocycles. The summed E-state index contributed by atoms with van der Waals surface area (Å²) in [7, 11) is 0. The molecule has 6 heteroatoms. The molecule has 1 heterocycles. The zero-order chi connectivity index (χ0) is 18.4. The molecule has 2 N–H and O–H groups in total. The second kappa shape index (κ2) is 8.45. The second-order valence-corrected chi connectivity index (χ2v) is 7.18. The number of aryl methyl sites for hydroxylation is 1. The summed E-state index contributed by atoms with van der Waals surface area (Å²) in [4.78, 5) is 25.5. The predicted octanol–water partition coefficient (Wildman–Crippen LogP) is 1.37. The van der Waals surface area contributed by atoms with Crippen LogP contribution >= 0.6 is 0 Å². The molecule has 1 aliphatic rings. The lowest BCUT2D eigenvalue weighted by molar-refractivity contribution is -0.136. The van der Waals surface area contributed by atoms with Gasteiger partial charge in [0.1, 0.15) is 0 Å². The van der Waals surface area contributed by atoms with E-state index in [0.29, 0.717) is 44.6 Å². The fourth-order valence-electron chi connectivity index (χ4n) is 2.76. The van der Waals surface area contributed by atoms with Crippen LogP contribution in [0.2, 0.25) is 0 Å². The highest BCUT2D eigenvalue weighted by Gasteiger charge is 2.22. The summed E-state index contributed by atoms with van der Waals surface area (Å²) in [5.41, 5.74) is 0.887. The van der Waals surface area contributed by atoms with Gasteiger partial charge in [-0.1, -0.05) is 12.1 Å². The quantitative estimate of drug-likeness (QED) is 0.814. The number of aliphatic hydroxyl groups is 1. The van der Waals surface area contributed by atoms with Gasteiger partial charge in [-0.3, -0.25) is 9.59 Å². The van der Waals surface area contributed by atoms with E-state index >= 15 is 0 Å². The van der Waals surface area contributed by atoms with Gasteiger partial charge in [0.15, 0.2) is 0 Å². The van der Waals surface area contributed by atoms with E-state index in [1.54, 1.807) is 31.7 Å². The lowest BCUT2D eigenvalue weighted by atomic mass is 9.98. The maximum atomic E-state index is 12.4. The van der Waals surface area contributed by atoms with Crippen LogP contribution in [-0.2, 0) is 16.0 Å². The molecule has 1 fully saturated rings. The number of morpholine rings is 1. The highest BCUT2D eigenvalue weighted by Crippen LogP contribution is 2.14. The third-order valence-electron chi connectivity index (χ3n) is 4.29. The van der Waals surface area contributed by atoms with Crippen molar-refractivity contribution in [3.63, 3.8) is 0 Å². The summed E-state index contributed by atoms with van der Waals surface area (Å²) >= 11 is 0. The Morgan fingerprint density at radius 2 is 2.16 bits per heavy atom. The van der Waals surface area contributed by atoms with Crippen molar-refractivity contribution >= 4 is 11.8 Å². The molecule has 6 nitrogen and oxygen atoms in total. The molecule has 0 radical (unpaired) electrons. The van der Waals surface area contributed by atoms with Gasteiger partial charge in [0.25, 0.3) is 5.91 Å². The van der Waals surface area contributed by atoms with E-state index in [0.717, 1.165) is 5.56 Å². The van der Waals surface area contributed by atoms with Gasteiger partial charge in [-0.25, -0.2) is 0 Å². The molecule has 2 rings (SSSR count). The molecule has 0 spiro atoms. The van der Waals surface area contributed by atoms with Crippen LogP contribution in [0.25, 0.3) is 0 Å². The minimum absolute atomic E-state index is 0.0270. The first-order valence-electron chi connectivity index (χ1n) is 8.71. The third-order valence-corrected chi connectivity index (χ3v) is 4.29. The average Bonchev–Trinajstić information content (AvgIpc) is 2.58. The summed E-state index contributed by atoms with van der Waals surface area (Å²) in [5.74, 6) is -0.132. The summed E-state index contributed by atoms with van der Waals surface area (Å²) in [6, 6.07) is 7.43. The van der Waals surface area contributed by atoms with Crippen molar-refractivity contribution in [1.82, 2.24) is 10.2 Å². The Hall–Kier alpha value is -1.92. The van der Waals surface area contributed by atoms with Crippen molar-refractivity contribution in [3.05, 3.63) is 35.4 Å². The summed E-state index contributed by atoms with van der Waals surface area (Å²) < 4.78 is 5.61. The maximum absolute atomic E-state index is 12.4. The summed E-state index contributed by atoms with van der Waals surface area (Å²) in [6.45, 7) is 7.06. The van der Waals surface area contributed by atoms with E-state index in [2.05, 4.69) is 5.32 Å². The van der Waals surface area contributed by atoms with Gasteiger partial charge in [-0.2, -0.15) is 0 Å². The van der Waals surface area contributed by atoms with Gasteiger partial charge in [0.2, 0.25) is 5.91 Å². The molecule has 1 aromatic rings. The normalized spacial score (nSPS) is 18.1. The Labute approximate surface area is 149 Å². The van der Waals surface area contributed by atoms with Crippen LogP contribution in [-0.4, -0.2) is 59.8 Å². The Morgan fingerprint density at radius 3 is 2.84 bits per heavy atom. The molecule has 1 atom stereocenters. The number of amides is 2. The van der Waals surface area contributed by atoms with Crippen LogP contribution < -0.4 is 5.32 Å². The molecule has 138 valence electrons. The molecule has 1 aromatic carbocycles. The second-order valence-electron chi connectivity index (χ2n) is 7.18. The molecular formula is C19H28N2O4. The Morgan fingerprint density at radius 1 is 1.40 bits per heavy atom. The molecular weight excluding hydrogens is 320 g/mol. The lowest BCUT2D eigenvalue weighted by Crippen LogP contribution is -2.49. The molecule has 0 bridgehead atoms. The number of hydrogen-bond donors (Lipinski definition) is 2. The maximum Gasteiger partial charge on any atom is 0.251 e. The zero-order valence-electron chi connectivity index (χ0n) is 15.2. The number of benzene rings is 1. The Bertz CT molecular complexity index is 610. The van der Waals surface area contributed by atoms with Crippen molar-refractivity contribution in [2.75, 3.05) is 26.2 Å². The van der Waals surface area contributed by atoms with Crippen LogP contribution in [0.3, 0.4) is 0 Å². The molecule has 0 aromatic heterocycles. The fraction of sp³-hybridized carbons (Fsp3) is 0.579. The molecule has 0 saturated carbocycles. The number of carbonyl (C=O) groups is 2. The fourth-order valence-corrected chi connectivity index (χ4v) is 2.76. The number of hydrogen-bond acceptors (Lipinski definition) is 4. The van der Waals surface area contributed by atoms with Crippen molar-refractivity contribution in [3.8, 4) is 0 Å². The smallest absolute Gasteiger partial charge is 0.251 e. The van der Waals surface area contributed by atoms with Crippen LogP contribution in [0, 0.1) is 0 Å². The average molecular weight is 348 g/mol. The standard InChI is InChI=1S/C19H28N2O4/c1-14(22)21-9-10-25-17(13-21)12-20-18(23)16-6-4-5-15(11-16)7-8-19(2,3)24/h4-6,11,17,24H,7-10,12-13H2,1-3H3,(H,20,23)/t17-/m1/s1. The predicted molar refractivity (Wildman–Crippen MR) is 95.4 cm³/mol. The highest BCUT2D eigenvalue weighted by atomic mass is 16.5. The molecule has 0 unspecified atom stereocenters. The number of carbonyl (C=O) groups excluding carboxylic acids is 2. The van der Waals surface area contributed by atoms with E-state index in [1.807, 2.05) is 18.2 Å². The number of nitrogens with zero attached hydrogens (tertiary/aromatic N) is 1. The minimum atomic E-state index is -0.723. The summed E-state index contributed by atoms with van der Waals surface area (Å²) in [5, 5.41) is 12.7. The molecule has 1 saturated heterocycles.